The Hall–Kier alpha value is -1.77. The van der Waals surface area contributed by atoms with E-state index in [2.05, 4.69) is 32.1 Å². The summed E-state index contributed by atoms with van der Waals surface area (Å²) in [4.78, 5) is 35.1. The molecule has 0 saturated heterocycles. The average molecular weight is 715 g/mol. The molecule has 0 aromatic heterocycles. The molecular formula is C39H73NO8P+. The lowest BCUT2D eigenvalue weighted by Crippen LogP contribution is -2.37. The summed E-state index contributed by atoms with van der Waals surface area (Å²) in [5.41, 5.74) is 0. The number of hydrogen-bond donors (Lipinski definition) is 1. The Labute approximate surface area is 300 Å². The van der Waals surface area contributed by atoms with Crippen molar-refractivity contribution in [2.75, 3.05) is 47.5 Å². The number of phosphoric ester groups is 1. The van der Waals surface area contributed by atoms with Gasteiger partial charge in [-0.25, -0.2) is 4.57 Å². The van der Waals surface area contributed by atoms with Crippen LogP contribution in [0, 0.1) is 0 Å². The van der Waals surface area contributed by atoms with Crippen LogP contribution in [0.5, 0.6) is 0 Å². The van der Waals surface area contributed by atoms with Crippen LogP contribution in [0.1, 0.15) is 149 Å². The molecule has 0 aromatic rings. The zero-order chi connectivity index (χ0) is 36.5. The van der Waals surface area contributed by atoms with Crippen LogP contribution in [0.15, 0.2) is 36.5 Å². The molecule has 1 N–H and O–H groups in total. The zero-order valence-electron chi connectivity index (χ0n) is 31.9. The van der Waals surface area contributed by atoms with Crippen molar-refractivity contribution < 1.29 is 42.1 Å². The van der Waals surface area contributed by atoms with E-state index in [0.717, 1.165) is 57.8 Å². The maximum Gasteiger partial charge on any atom is 0.472 e. The molecule has 0 radical (unpaired) electrons. The van der Waals surface area contributed by atoms with Gasteiger partial charge in [0.1, 0.15) is 19.8 Å². The lowest BCUT2D eigenvalue weighted by atomic mass is 10.0. The van der Waals surface area contributed by atoms with Crippen LogP contribution in [0.2, 0.25) is 0 Å². The van der Waals surface area contributed by atoms with Gasteiger partial charge in [0.15, 0.2) is 6.10 Å². The minimum atomic E-state index is -4.37. The van der Waals surface area contributed by atoms with Gasteiger partial charge >= 0.3 is 19.8 Å². The van der Waals surface area contributed by atoms with Crippen molar-refractivity contribution in [2.24, 2.45) is 0 Å². The average Bonchev–Trinajstić information content (AvgIpc) is 3.04. The first kappa shape index (κ1) is 47.2. The predicted octanol–water partition coefficient (Wildman–Crippen LogP) is 10.2. The highest BCUT2D eigenvalue weighted by atomic mass is 31.2. The van der Waals surface area contributed by atoms with E-state index in [-0.39, 0.29) is 32.0 Å². The molecule has 10 heteroatoms. The summed E-state index contributed by atoms with van der Waals surface area (Å²) in [6.07, 6.45) is 33.3. The number of carbonyl (C=O) groups is 2. The second-order valence-electron chi connectivity index (χ2n) is 14.0. The van der Waals surface area contributed by atoms with Crippen LogP contribution in [0.4, 0.5) is 0 Å². The van der Waals surface area contributed by atoms with Gasteiger partial charge in [-0.15, -0.1) is 0 Å². The molecule has 0 amide bonds. The minimum absolute atomic E-state index is 0.0275. The molecule has 0 aliphatic heterocycles. The first-order valence-electron chi connectivity index (χ1n) is 19.2. The Balaban J connectivity index is 4.47. The molecule has 0 aromatic carbocycles. The number of rotatable bonds is 34. The van der Waals surface area contributed by atoms with Gasteiger partial charge in [0.2, 0.25) is 0 Å². The van der Waals surface area contributed by atoms with Crippen molar-refractivity contribution in [1.29, 1.82) is 0 Å². The van der Waals surface area contributed by atoms with Gasteiger partial charge in [-0.3, -0.25) is 18.6 Å². The second kappa shape index (κ2) is 32.2. The van der Waals surface area contributed by atoms with Crippen molar-refractivity contribution in [2.45, 2.75) is 155 Å². The lowest BCUT2D eigenvalue weighted by molar-refractivity contribution is -0.870. The van der Waals surface area contributed by atoms with Crippen LogP contribution >= 0.6 is 7.82 Å². The standard InChI is InChI=1S/C39H72NO8P/c1-6-8-10-12-14-16-18-20-22-24-26-28-30-32-39(42)48-37(36-47-49(43,44)46-34-33-40(3,4)5)35-45-38(41)31-29-27-25-23-21-19-17-15-13-11-9-7-2/h8,10,12,14,16,18,37H,6-7,9,11,13,15,17,19-36H2,1-5H3/p+1/b10-8+,14-12+,18-16+. The van der Waals surface area contributed by atoms with Crippen LogP contribution in [0.25, 0.3) is 0 Å². The van der Waals surface area contributed by atoms with Crippen molar-refractivity contribution in [3.05, 3.63) is 36.5 Å². The first-order chi connectivity index (χ1) is 23.5. The fourth-order valence-electron chi connectivity index (χ4n) is 4.95. The Bertz CT molecular complexity index is 944. The van der Waals surface area contributed by atoms with Crippen LogP contribution in [-0.2, 0) is 32.7 Å². The number of unbranched alkanes of at least 4 members (excludes halogenated alkanes) is 16. The predicted molar refractivity (Wildman–Crippen MR) is 201 cm³/mol. The highest BCUT2D eigenvalue weighted by Gasteiger charge is 2.27. The summed E-state index contributed by atoms with van der Waals surface area (Å²) < 4.78 is 34.1. The lowest BCUT2D eigenvalue weighted by Gasteiger charge is -2.24. The second-order valence-corrected chi connectivity index (χ2v) is 15.5. The van der Waals surface area contributed by atoms with E-state index in [9.17, 15) is 19.0 Å². The summed E-state index contributed by atoms with van der Waals surface area (Å²) >= 11 is 0. The van der Waals surface area contributed by atoms with Gasteiger partial charge in [-0.05, 0) is 32.1 Å². The van der Waals surface area contributed by atoms with Crippen molar-refractivity contribution >= 4 is 19.8 Å². The Morgan fingerprint density at radius 2 is 1.16 bits per heavy atom. The van der Waals surface area contributed by atoms with E-state index in [1.807, 2.05) is 39.4 Å². The van der Waals surface area contributed by atoms with E-state index in [0.29, 0.717) is 17.4 Å². The van der Waals surface area contributed by atoms with E-state index in [1.165, 1.54) is 57.8 Å². The number of allylic oxidation sites excluding steroid dienone is 6. The third-order valence-electron chi connectivity index (χ3n) is 8.00. The van der Waals surface area contributed by atoms with E-state index in [4.69, 9.17) is 18.5 Å². The smallest absolute Gasteiger partial charge is 0.462 e. The number of hydrogen-bond acceptors (Lipinski definition) is 7. The largest absolute Gasteiger partial charge is 0.472 e. The molecule has 9 nitrogen and oxygen atoms in total. The summed E-state index contributed by atoms with van der Waals surface area (Å²) in [6.45, 7) is 4.24. The van der Waals surface area contributed by atoms with Crippen LogP contribution in [-0.4, -0.2) is 74.9 Å². The third kappa shape index (κ3) is 35.8. The molecule has 0 bridgehead atoms. The number of phosphoric acid groups is 1. The molecule has 49 heavy (non-hydrogen) atoms. The fourth-order valence-corrected chi connectivity index (χ4v) is 5.70. The first-order valence-corrected chi connectivity index (χ1v) is 20.7. The number of esters is 2. The van der Waals surface area contributed by atoms with Crippen molar-refractivity contribution in [3.8, 4) is 0 Å². The number of quaternary nitrogens is 1. The topological polar surface area (TPSA) is 108 Å². The highest BCUT2D eigenvalue weighted by molar-refractivity contribution is 7.47. The van der Waals surface area contributed by atoms with Gasteiger partial charge in [0.05, 0.1) is 27.7 Å². The maximum absolute atomic E-state index is 12.6. The number of likely N-dealkylation sites (N-methyl/N-ethyl adjacent to an activating group) is 1. The van der Waals surface area contributed by atoms with Gasteiger partial charge < -0.3 is 18.9 Å². The van der Waals surface area contributed by atoms with Gasteiger partial charge in [0, 0.05) is 12.8 Å². The number of carbonyl (C=O) groups excluding carboxylic acids is 2. The molecule has 0 heterocycles. The van der Waals surface area contributed by atoms with Gasteiger partial charge in [-0.2, -0.15) is 0 Å². The molecule has 286 valence electrons. The zero-order valence-corrected chi connectivity index (χ0v) is 32.8. The summed E-state index contributed by atoms with van der Waals surface area (Å²) in [6, 6.07) is 0. The summed E-state index contributed by atoms with van der Waals surface area (Å²) in [5.74, 6) is -0.824. The highest BCUT2D eigenvalue weighted by Crippen LogP contribution is 2.43. The molecule has 0 spiro atoms. The molecule has 0 saturated carbocycles. The molecule has 2 atom stereocenters. The molecule has 0 aliphatic rings. The maximum atomic E-state index is 12.6. The Morgan fingerprint density at radius 1 is 0.653 bits per heavy atom. The fraction of sp³-hybridized carbons (Fsp3) is 0.795. The molecular weight excluding hydrogens is 641 g/mol. The summed E-state index contributed by atoms with van der Waals surface area (Å²) in [5, 5.41) is 0. The van der Waals surface area contributed by atoms with E-state index >= 15 is 0 Å². The Morgan fingerprint density at radius 3 is 1.71 bits per heavy atom. The molecule has 0 aliphatic carbocycles. The normalized spacial score (nSPS) is 14.2. The quantitative estimate of drug-likeness (QED) is 0.0231. The monoisotopic (exact) mass is 715 g/mol. The number of ether oxygens (including phenoxy) is 2. The molecule has 0 rings (SSSR count). The van der Waals surface area contributed by atoms with E-state index in [1.54, 1.807) is 0 Å². The van der Waals surface area contributed by atoms with Gasteiger partial charge in [0.25, 0.3) is 0 Å². The van der Waals surface area contributed by atoms with Gasteiger partial charge in [-0.1, -0.05) is 140 Å². The SMILES string of the molecule is CC/C=C/C=C/C=C/CCCCCCCC(=O)OC(COC(=O)CCCCCCCCCCCCCC)COP(=O)(O)OCC[N+](C)(C)C. The Kier molecular flexibility index (Phi) is 31.0. The van der Waals surface area contributed by atoms with Crippen LogP contribution in [0.3, 0.4) is 0 Å². The van der Waals surface area contributed by atoms with Crippen molar-refractivity contribution in [3.63, 3.8) is 0 Å². The third-order valence-corrected chi connectivity index (χ3v) is 8.98. The minimum Gasteiger partial charge on any atom is -0.462 e. The molecule has 2 unspecified atom stereocenters. The number of nitrogens with zero attached hydrogens (tertiary/aromatic N) is 1. The van der Waals surface area contributed by atoms with Crippen LogP contribution < -0.4 is 0 Å². The van der Waals surface area contributed by atoms with E-state index < -0.39 is 26.5 Å². The molecule has 0 fully saturated rings. The summed E-state index contributed by atoms with van der Waals surface area (Å²) in [7, 11) is 1.46. The van der Waals surface area contributed by atoms with Crippen molar-refractivity contribution in [1.82, 2.24) is 0 Å².